The molecule has 0 aromatic heterocycles. The van der Waals surface area contributed by atoms with Gasteiger partial charge in [0.1, 0.15) is 0 Å². The molecular formula is C17H33NO2. The van der Waals surface area contributed by atoms with Crippen LogP contribution in [-0.2, 0) is 9.47 Å². The first-order valence-corrected chi connectivity index (χ1v) is 8.70. The van der Waals surface area contributed by atoms with E-state index in [1.807, 2.05) is 0 Å². The van der Waals surface area contributed by atoms with Gasteiger partial charge in [-0.05, 0) is 50.5 Å². The molecule has 3 heteroatoms. The third-order valence-electron chi connectivity index (χ3n) is 4.86. The second-order valence-corrected chi connectivity index (χ2v) is 6.59. The SMILES string of the molecule is COCCOCCCC1CCCCCC1CNC1CC1. The fourth-order valence-electron chi connectivity index (χ4n) is 3.41. The van der Waals surface area contributed by atoms with Gasteiger partial charge in [0.2, 0.25) is 0 Å². The third-order valence-corrected chi connectivity index (χ3v) is 4.86. The lowest BCUT2D eigenvalue weighted by Gasteiger charge is -2.25. The average molecular weight is 283 g/mol. The first-order chi connectivity index (χ1) is 9.90. The minimum atomic E-state index is 0.720. The Labute approximate surface area is 124 Å². The summed E-state index contributed by atoms with van der Waals surface area (Å²) in [6.45, 7) is 3.63. The normalized spacial score (nSPS) is 27.4. The van der Waals surface area contributed by atoms with Crippen LogP contribution in [0.2, 0.25) is 0 Å². The largest absolute Gasteiger partial charge is 0.382 e. The van der Waals surface area contributed by atoms with Crippen molar-refractivity contribution >= 4 is 0 Å². The third kappa shape index (κ3) is 6.55. The molecule has 20 heavy (non-hydrogen) atoms. The van der Waals surface area contributed by atoms with Gasteiger partial charge in [-0.15, -0.1) is 0 Å². The lowest BCUT2D eigenvalue weighted by atomic mass is 9.84. The molecule has 2 fully saturated rings. The van der Waals surface area contributed by atoms with E-state index in [-0.39, 0.29) is 0 Å². The van der Waals surface area contributed by atoms with Crippen LogP contribution in [0.3, 0.4) is 0 Å². The maximum Gasteiger partial charge on any atom is 0.0700 e. The molecule has 0 radical (unpaired) electrons. The van der Waals surface area contributed by atoms with E-state index in [1.54, 1.807) is 7.11 Å². The van der Waals surface area contributed by atoms with Crippen molar-refractivity contribution in [2.24, 2.45) is 11.8 Å². The summed E-state index contributed by atoms with van der Waals surface area (Å²) in [7, 11) is 1.73. The molecule has 2 aliphatic rings. The molecular weight excluding hydrogens is 250 g/mol. The van der Waals surface area contributed by atoms with Gasteiger partial charge in [0.05, 0.1) is 13.2 Å². The van der Waals surface area contributed by atoms with Crippen molar-refractivity contribution in [3.63, 3.8) is 0 Å². The first-order valence-electron chi connectivity index (χ1n) is 8.70. The molecule has 3 nitrogen and oxygen atoms in total. The van der Waals surface area contributed by atoms with Gasteiger partial charge in [-0.3, -0.25) is 0 Å². The summed E-state index contributed by atoms with van der Waals surface area (Å²) < 4.78 is 10.6. The van der Waals surface area contributed by atoms with Gasteiger partial charge >= 0.3 is 0 Å². The van der Waals surface area contributed by atoms with Crippen molar-refractivity contribution in [2.45, 2.75) is 63.8 Å². The van der Waals surface area contributed by atoms with Crippen molar-refractivity contribution in [2.75, 3.05) is 33.5 Å². The Morgan fingerprint density at radius 2 is 1.70 bits per heavy atom. The Kier molecular flexibility index (Phi) is 7.92. The van der Waals surface area contributed by atoms with Gasteiger partial charge < -0.3 is 14.8 Å². The van der Waals surface area contributed by atoms with E-state index in [0.717, 1.165) is 37.7 Å². The fraction of sp³-hybridized carbons (Fsp3) is 1.00. The average Bonchev–Trinajstić information content (AvgIpc) is 3.28. The van der Waals surface area contributed by atoms with E-state index < -0.39 is 0 Å². The summed E-state index contributed by atoms with van der Waals surface area (Å²) in [5.74, 6) is 1.84. The van der Waals surface area contributed by atoms with Crippen molar-refractivity contribution in [3.8, 4) is 0 Å². The Morgan fingerprint density at radius 3 is 2.45 bits per heavy atom. The van der Waals surface area contributed by atoms with E-state index in [4.69, 9.17) is 9.47 Å². The smallest absolute Gasteiger partial charge is 0.0700 e. The zero-order valence-corrected chi connectivity index (χ0v) is 13.2. The lowest BCUT2D eigenvalue weighted by molar-refractivity contribution is 0.0657. The lowest BCUT2D eigenvalue weighted by Crippen LogP contribution is -2.29. The number of rotatable bonds is 10. The highest BCUT2D eigenvalue weighted by Gasteiger charge is 2.26. The van der Waals surface area contributed by atoms with Crippen molar-refractivity contribution in [1.29, 1.82) is 0 Å². The van der Waals surface area contributed by atoms with E-state index in [2.05, 4.69) is 5.32 Å². The van der Waals surface area contributed by atoms with Crippen LogP contribution < -0.4 is 5.32 Å². The van der Waals surface area contributed by atoms with Crippen LogP contribution in [0, 0.1) is 11.8 Å². The quantitative estimate of drug-likeness (QED) is 0.492. The van der Waals surface area contributed by atoms with Gasteiger partial charge in [-0.25, -0.2) is 0 Å². The standard InChI is InChI=1S/C17H33NO2/c1-19-12-13-20-11-5-8-15-6-3-2-4-7-16(15)14-18-17-9-10-17/h15-18H,2-14H2,1H3. The number of nitrogens with one attached hydrogen (secondary N) is 1. The van der Waals surface area contributed by atoms with Crippen molar-refractivity contribution in [1.82, 2.24) is 5.32 Å². The minimum absolute atomic E-state index is 0.720. The molecule has 0 aromatic carbocycles. The molecule has 2 unspecified atom stereocenters. The minimum Gasteiger partial charge on any atom is -0.382 e. The highest BCUT2D eigenvalue weighted by atomic mass is 16.5. The maximum atomic E-state index is 5.60. The molecule has 2 saturated carbocycles. The first kappa shape index (κ1) is 16.3. The molecule has 2 aliphatic carbocycles. The zero-order chi connectivity index (χ0) is 14.0. The molecule has 0 amide bonds. The van der Waals surface area contributed by atoms with Gasteiger partial charge in [0.15, 0.2) is 0 Å². The number of methoxy groups -OCH3 is 1. The summed E-state index contributed by atoms with van der Waals surface area (Å²) in [5.41, 5.74) is 0. The molecule has 2 atom stereocenters. The van der Waals surface area contributed by atoms with E-state index in [9.17, 15) is 0 Å². The van der Waals surface area contributed by atoms with Crippen molar-refractivity contribution in [3.05, 3.63) is 0 Å². The molecule has 0 aliphatic heterocycles. The summed E-state index contributed by atoms with van der Waals surface area (Å²) in [6, 6.07) is 0.858. The maximum absolute atomic E-state index is 5.60. The summed E-state index contributed by atoms with van der Waals surface area (Å²) >= 11 is 0. The van der Waals surface area contributed by atoms with Crippen LogP contribution in [0.25, 0.3) is 0 Å². The van der Waals surface area contributed by atoms with Crippen LogP contribution in [0.15, 0.2) is 0 Å². The predicted octanol–water partition coefficient (Wildman–Crippen LogP) is 3.38. The summed E-state index contributed by atoms with van der Waals surface area (Å²) in [5, 5.41) is 3.75. The summed E-state index contributed by atoms with van der Waals surface area (Å²) in [6.07, 6.45) is 12.6. The monoisotopic (exact) mass is 283 g/mol. The Morgan fingerprint density at radius 1 is 0.900 bits per heavy atom. The molecule has 118 valence electrons. The molecule has 0 saturated heterocycles. The predicted molar refractivity (Wildman–Crippen MR) is 83.0 cm³/mol. The van der Waals surface area contributed by atoms with Gasteiger partial charge in [-0.1, -0.05) is 25.7 Å². The molecule has 0 spiro atoms. The van der Waals surface area contributed by atoms with E-state index in [1.165, 1.54) is 64.3 Å². The van der Waals surface area contributed by atoms with Gasteiger partial charge in [0, 0.05) is 19.8 Å². The van der Waals surface area contributed by atoms with Crippen LogP contribution >= 0.6 is 0 Å². The highest BCUT2D eigenvalue weighted by molar-refractivity contribution is 4.84. The van der Waals surface area contributed by atoms with Crippen LogP contribution in [-0.4, -0.2) is 39.5 Å². The Hall–Kier alpha value is -0.120. The summed E-state index contributed by atoms with van der Waals surface area (Å²) in [4.78, 5) is 0. The van der Waals surface area contributed by atoms with Crippen molar-refractivity contribution < 1.29 is 9.47 Å². The molecule has 1 N–H and O–H groups in total. The Balaban J connectivity index is 1.61. The fourth-order valence-corrected chi connectivity index (χ4v) is 3.41. The van der Waals surface area contributed by atoms with Gasteiger partial charge in [-0.2, -0.15) is 0 Å². The second-order valence-electron chi connectivity index (χ2n) is 6.59. The molecule has 0 heterocycles. The number of hydrogen-bond acceptors (Lipinski definition) is 3. The number of ether oxygens (including phenoxy) is 2. The van der Waals surface area contributed by atoms with Crippen LogP contribution in [0.4, 0.5) is 0 Å². The molecule has 0 aromatic rings. The second kappa shape index (κ2) is 9.75. The van der Waals surface area contributed by atoms with Crippen LogP contribution in [0.5, 0.6) is 0 Å². The Bertz CT molecular complexity index is 243. The number of hydrogen-bond donors (Lipinski definition) is 1. The van der Waals surface area contributed by atoms with Crippen LogP contribution in [0.1, 0.15) is 57.8 Å². The highest BCUT2D eigenvalue weighted by Crippen LogP contribution is 2.32. The van der Waals surface area contributed by atoms with E-state index >= 15 is 0 Å². The molecule has 0 bridgehead atoms. The molecule has 2 rings (SSSR count). The zero-order valence-electron chi connectivity index (χ0n) is 13.2. The van der Waals surface area contributed by atoms with E-state index in [0.29, 0.717) is 0 Å². The topological polar surface area (TPSA) is 30.5 Å². The van der Waals surface area contributed by atoms with Gasteiger partial charge in [0.25, 0.3) is 0 Å².